The van der Waals surface area contributed by atoms with Gasteiger partial charge in [0.15, 0.2) is 0 Å². The summed E-state index contributed by atoms with van der Waals surface area (Å²) in [5.41, 5.74) is 1.53. The Hall–Kier alpha value is -1.84. The third-order valence-corrected chi connectivity index (χ3v) is 13.8. The SMILES string of the molecule is COC(=O)[C@]12CCCC1C1CCC3[C@@](C)(CCC4C(C)(C)[C@@H](N(C(C)=O)c5ccccc5)CC[C@@]43C)C1CC2. The van der Waals surface area contributed by atoms with Gasteiger partial charge in [-0.3, -0.25) is 9.59 Å². The van der Waals surface area contributed by atoms with Crippen molar-refractivity contribution in [2.24, 2.45) is 51.2 Å². The highest BCUT2D eigenvalue weighted by atomic mass is 16.5. The highest BCUT2D eigenvalue weighted by molar-refractivity contribution is 5.92. The number of carbonyl (C=O) groups excluding carboxylic acids is 2. The van der Waals surface area contributed by atoms with Crippen molar-refractivity contribution in [1.29, 1.82) is 0 Å². The zero-order valence-corrected chi connectivity index (χ0v) is 25.3. The molecule has 0 N–H and O–H groups in total. The number of hydrogen-bond donors (Lipinski definition) is 0. The molecular formula is C35H51NO3. The first-order valence-corrected chi connectivity index (χ1v) is 15.9. The molecule has 5 fully saturated rings. The van der Waals surface area contributed by atoms with E-state index in [-0.39, 0.29) is 28.7 Å². The molecule has 0 aliphatic heterocycles. The first-order valence-electron chi connectivity index (χ1n) is 15.9. The first kappa shape index (κ1) is 27.3. The van der Waals surface area contributed by atoms with Gasteiger partial charge in [0.05, 0.1) is 12.5 Å². The predicted octanol–water partition coefficient (Wildman–Crippen LogP) is 8.05. The number of benzene rings is 1. The van der Waals surface area contributed by atoms with Crippen molar-refractivity contribution in [2.75, 3.05) is 12.0 Å². The van der Waals surface area contributed by atoms with Crippen LogP contribution < -0.4 is 4.90 Å². The number of rotatable bonds is 3. The number of esters is 1. The fourth-order valence-corrected chi connectivity index (χ4v) is 12.4. The number of nitrogens with zero attached hydrogens (tertiary/aromatic N) is 1. The molecule has 5 aliphatic rings. The summed E-state index contributed by atoms with van der Waals surface area (Å²) in [7, 11) is 1.60. The molecule has 6 rings (SSSR count). The van der Waals surface area contributed by atoms with Crippen LogP contribution in [-0.2, 0) is 14.3 Å². The quantitative estimate of drug-likeness (QED) is 0.369. The van der Waals surface area contributed by atoms with Gasteiger partial charge in [-0.05, 0) is 122 Å². The van der Waals surface area contributed by atoms with Gasteiger partial charge >= 0.3 is 5.97 Å². The summed E-state index contributed by atoms with van der Waals surface area (Å²) in [6.45, 7) is 12.0. The van der Waals surface area contributed by atoms with Crippen LogP contribution in [0.5, 0.6) is 0 Å². The molecule has 4 nitrogen and oxygen atoms in total. The summed E-state index contributed by atoms with van der Waals surface area (Å²) < 4.78 is 5.43. The van der Waals surface area contributed by atoms with E-state index in [1.54, 1.807) is 14.0 Å². The Bertz CT molecular complexity index is 1110. The average molecular weight is 534 g/mol. The first-order chi connectivity index (χ1) is 18.5. The van der Waals surface area contributed by atoms with E-state index in [2.05, 4.69) is 56.9 Å². The van der Waals surface area contributed by atoms with Gasteiger partial charge in [0, 0.05) is 18.7 Å². The maximum absolute atomic E-state index is 13.1. The Morgan fingerprint density at radius 1 is 0.795 bits per heavy atom. The van der Waals surface area contributed by atoms with Crippen LogP contribution >= 0.6 is 0 Å². The summed E-state index contributed by atoms with van der Waals surface area (Å²) >= 11 is 0. The zero-order valence-electron chi connectivity index (χ0n) is 25.3. The summed E-state index contributed by atoms with van der Waals surface area (Å²) in [5, 5.41) is 0. The molecule has 4 heteroatoms. The number of anilines is 1. The lowest BCUT2D eigenvalue weighted by molar-refractivity contribution is -0.203. The van der Waals surface area contributed by atoms with Crippen LogP contribution in [0.15, 0.2) is 30.3 Å². The molecule has 5 aliphatic carbocycles. The van der Waals surface area contributed by atoms with Crippen molar-refractivity contribution >= 4 is 17.6 Å². The minimum atomic E-state index is -0.201. The van der Waals surface area contributed by atoms with Crippen LogP contribution in [0.1, 0.15) is 105 Å². The molecule has 1 amide bonds. The summed E-state index contributed by atoms with van der Waals surface area (Å²) in [4.78, 5) is 28.3. The molecule has 0 bridgehead atoms. The third kappa shape index (κ3) is 3.74. The lowest BCUT2D eigenvalue weighted by Crippen LogP contribution is -2.65. The molecule has 214 valence electrons. The number of ether oxygens (including phenoxy) is 1. The molecule has 5 unspecified atom stereocenters. The molecule has 1 aromatic carbocycles. The van der Waals surface area contributed by atoms with Crippen LogP contribution in [0.25, 0.3) is 0 Å². The van der Waals surface area contributed by atoms with Crippen molar-refractivity contribution in [2.45, 2.75) is 111 Å². The van der Waals surface area contributed by atoms with Crippen LogP contribution in [0.3, 0.4) is 0 Å². The molecule has 0 spiro atoms. The van der Waals surface area contributed by atoms with Gasteiger partial charge in [0.25, 0.3) is 0 Å². The number of para-hydroxylation sites is 1. The molecule has 0 heterocycles. The van der Waals surface area contributed by atoms with E-state index in [4.69, 9.17) is 4.74 Å². The standard InChI is InChI=1S/C35H51NO3/c1-23(37)36(24-11-8-7-9-12-24)30-18-21-34(5)28(32(30,2)3)17-20-33(4)26-16-22-35(31(38)39-6)19-10-13-27(35)25(26)14-15-29(33)34/h7-9,11-12,25-30H,10,13-22H2,1-6H3/t25?,26?,27?,28?,29?,30-,33-,34-,35-/m0/s1. The Morgan fingerprint density at radius 3 is 2.21 bits per heavy atom. The maximum atomic E-state index is 13.1. The number of fused-ring (bicyclic) bond motifs is 7. The topological polar surface area (TPSA) is 46.6 Å². The average Bonchev–Trinajstić information content (AvgIpc) is 3.36. The van der Waals surface area contributed by atoms with Crippen molar-refractivity contribution in [3.63, 3.8) is 0 Å². The minimum absolute atomic E-state index is 0.0464. The van der Waals surface area contributed by atoms with E-state index in [0.29, 0.717) is 28.6 Å². The van der Waals surface area contributed by atoms with Gasteiger partial charge in [0.1, 0.15) is 0 Å². The fraction of sp³-hybridized carbons (Fsp3) is 0.771. The minimum Gasteiger partial charge on any atom is -0.469 e. The van der Waals surface area contributed by atoms with Crippen LogP contribution in [-0.4, -0.2) is 25.0 Å². The second-order valence-corrected chi connectivity index (χ2v) is 15.3. The normalized spacial score (nSPS) is 44.3. The van der Waals surface area contributed by atoms with Crippen LogP contribution in [0.2, 0.25) is 0 Å². The molecule has 39 heavy (non-hydrogen) atoms. The second-order valence-electron chi connectivity index (χ2n) is 15.3. The number of hydrogen-bond acceptors (Lipinski definition) is 3. The van der Waals surface area contributed by atoms with Crippen LogP contribution in [0, 0.1) is 51.2 Å². The van der Waals surface area contributed by atoms with Gasteiger partial charge in [-0.15, -0.1) is 0 Å². The van der Waals surface area contributed by atoms with E-state index >= 15 is 0 Å². The van der Waals surface area contributed by atoms with Gasteiger partial charge in [-0.2, -0.15) is 0 Å². The van der Waals surface area contributed by atoms with Gasteiger partial charge < -0.3 is 9.64 Å². The molecule has 0 aromatic heterocycles. The summed E-state index contributed by atoms with van der Waals surface area (Å²) in [6.07, 6.45) is 13.1. The molecule has 0 saturated heterocycles. The van der Waals surface area contributed by atoms with E-state index in [1.165, 1.54) is 51.4 Å². The number of methoxy groups -OCH3 is 1. The Morgan fingerprint density at radius 2 is 1.51 bits per heavy atom. The molecule has 1 aromatic rings. The molecular weight excluding hydrogens is 482 g/mol. The van der Waals surface area contributed by atoms with Crippen molar-refractivity contribution in [3.05, 3.63) is 30.3 Å². The second kappa shape index (κ2) is 9.35. The predicted molar refractivity (Wildman–Crippen MR) is 156 cm³/mol. The highest BCUT2D eigenvalue weighted by Crippen LogP contribution is 2.73. The number of amides is 1. The summed E-state index contributed by atoms with van der Waals surface area (Å²) in [5.74, 6) is 3.50. The third-order valence-electron chi connectivity index (χ3n) is 13.8. The van der Waals surface area contributed by atoms with Crippen molar-refractivity contribution in [1.82, 2.24) is 0 Å². The highest BCUT2D eigenvalue weighted by Gasteiger charge is 2.67. The van der Waals surface area contributed by atoms with Gasteiger partial charge in [-0.1, -0.05) is 52.3 Å². The fourth-order valence-electron chi connectivity index (χ4n) is 12.4. The molecule has 9 atom stereocenters. The zero-order chi connectivity index (χ0) is 27.8. The van der Waals surface area contributed by atoms with Crippen molar-refractivity contribution in [3.8, 4) is 0 Å². The van der Waals surface area contributed by atoms with Gasteiger partial charge in [-0.25, -0.2) is 0 Å². The molecule has 0 radical (unpaired) electrons. The molecule has 5 saturated carbocycles. The van der Waals surface area contributed by atoms with Gasteiger partial charge in [0.2, 0.25) is 5.91 Å². The Balaban J connectivity index is 1.30. The van der Waals surface area contributed by atoms with E-state index in [1.807, 2.05) is 6.07 Å². The lowest BCUT2D eigenvalue weighted by Gasteiger charge is -2.69. The van der Waals surface area contributed by atoms with Crippen molar-refractivity contribution < 1.29 is 14.3 Å². The summed E-state index contributed by atoms with van der Waals surface area (Å²) in [6, 6.07) is 10.6. The Labute approximate surface area is 236 Å². The van der Waals surface area contributed by atoms with E-state index in [9.17, 15) is 9.59 Å². The number of carbonyl (C=O) groups is 2. The Kier molecular flexibility index (Phi) is 6.55. The maximum Gasteiger partial charge on any atom is 0.312 e. The largest absolute Gasteiger partial charge is 0.469 e. The van der Waals surface area contributed by atoms with E-state index in [0.717, 1.165) is 36.8 Å². The van der Waals surface area contributed by atoms with E-state index < -0.39 is 0 Å². The van der Waals surface area contributed by atoms with Crippen LogP contribution in [0.4, 0.5) is 5.69 Å². The lowest BCUT2D eigenvalue weighted by atomic mass is 9.36. The smallest absolute Gasteiger partial charge is 0.312 e. The monoisotopic (exact) mass is 533 g/mol.